The van der Waals surface area contributed by atoms with Gasteiger partial charge >= 0.3 is 6.18 Å². The van der Waals surface area contributed by atoms with Gasteiger partial charge in [-0.1, -0.05) is 30.3 Å². The molecular formula is C13H12F3N3O3S. The van der Waals surface area contributed by atoms with Gasteiger partial charge < -0.3 is 4.98 Å². The van der Waals surface area contributed by atoms with Gasteiger partial charge in [0, 0.05) is 6.42 Å². The molecule has 10 heteroatoms. The maximum Gasteiger partial charge on any atom is 0.396 e. The molecule has 0 spiro atoms. The summed E-state index contributed by atoms with van der Waals surface area (Å²) in [6.45, 7) is 0. The Labute approximate surface area is 129 Å². The molecule has 0 bridgehead atoms. The molecule has 1 aromatic carbocycles. The van der Waals surface area contributed by atoms with Crippen molar-refractivity contribution in [3.05, 3.63) is 48.4 Å². The summed E-state index contributed by atoms with van der Waals surface area (Å²) in [5.41, 5.74) is -0.117. The van der Waals surface area contributed by atoms with E-state index in [1.165, 1.54) is 24.3 Å². The van der Waals surface area contributed by atoms with E-state index in [2.05, 4.69) is 9.97 Å². The highest BCUT2D eigenvalue weighted by atomic mass is 32.2. The minimum atomic E-state index is -4.68. The van der Waals surface area contributed by atoms with Crippen LogP contribution < -0.4 is 4.72 Å². The van der Waals surface area contributed by atoms with Gasteiger partial charge in [-0.25, -0.2) is 9.71 Å². The summed E-state index contributed by atoms with van der Waals surface area (Å²) in [4.78, 5) is 17.5. The molecule has 1 aromatic heterocycles. The molecule has 1 atom stereocenters. The van der Waals surface area contributed by atoms with Crippen LogP contribution in [0.1, 0.15) is 17.9 Å². The first-order valence-electron chi connectivity index (χ1n) is 6.36. The molecule has 6 nitrogen and oxygen atoms in total. The van der Waals surface area contributed by atoms with Crippen molar-refractivity contribution in [1.29, 1.82) is 0 Å². The molecule has 1 amide bonds. The number of carbonyl (C=O) groups is 1. The molecule has 2 aromatic rings. The van der Waals surface area contributed by atoms with Gasteiger partial charge in [0.2, 0.25) is 5.91 Å². The largest absolute Gasteiger partial charge is 0.396 e. The highest BCUT2D eigenvalue weighted by molar-refractivity contribution is 7.90. The Morgan fingerprint density at radius 1 is 1.26 bits per heavy atom. The molecule has 2 rings (SSSR count). The van der Waals surface area contributed by atoms with Crippen LogP contribution >= 0.6 is 0 Å². The van der Waals surface area contributed by atoms with Gasteiger partial charge in [0.05, 0.1) is 18.4 Å². The number of H-pyrrole nitrogens is 1. The van der Waals surface area contributed by atoms with Crippen LogP contribution in [0.3, 0.4) is 0 Å². The minimum Gasteiger partial charge on any atom is -0.334 e. The molecule has 2 N–H and O–H groups in total. The fourth-order valence-corrected chi connectivity index (χ4v) is 2.83. The van der Waals surface area contributed by atoms with Gasteiger partial charge in [-0.05, 0) is 5.56 Å². The Balaban J connectivity index is 2.16. The number of nitrogens with zero attached hydrogens (tertiary/aromatic N) is 1. The first-order chi connectivity index (χ1) is 10.7. The predicted octanol–water partition coefficient (Wildman–Crippen LogP) is 1.95. The van der Waals surface area contributed by atoms with Gasteiger partial charge in [-0.3, -0.25) is 4.79 Å². The number of hydrogen-bond acceptors (Lipinski definition) is 4. The average Bonchev–Trinajstić information content (AvgIpc) is 2.99. The summed E-state index contributed by atoms with van der Waals surface area (Å²) < 4.78 is 64.5. The van der Waals surface area contributed by atoms with Crippen LogP contribution in [0.2, 0.25) is 0 Å². The first-order valence-corrected chi connectivity index (χ1v) is 7.84. The molecule has 0 aliphatic heterocycles. The smallest absolute Gasteiger partial charge is 0.334 e. The molecule has 0 unspecified atom stereocenters. The zero-order chi connectivity index (χ0) is 17.1. The van der Waals surface area contributed by atoms with Gasteiger partial charge in [-0.15, -0.1) is 0 Å². The highest BCUT2D eigenvalue weighted by Gasteiger charge is 2.42. The van der Waals surface area contributed by atoms with Crippen LogP contribution in [0, 0.1) is 0 Å². The first kappa shape index (κ1) is 17.0. The summed E-state index contributed by atoms with van der Waals surface area (Å²) in [6.07, 6.45) is -3.72. The second-order valence-electron chi connectivity index (χ2n) is 4.65. The maximum absolute atomic E-state index is 13.1. The van der Waals surface area contributed by atoms with Gasteiger partial charge in [0.15, 0.2) is 5.03 Å². The second kappa shape index (κ2) is 6.41. The number of aromatic amines is 1. The Hall–Kier alpha value is -2.36. The van der Waals surface area contributed by atoms with Crippen LogP contribution in [0.25, 0.3) is 0 Å². The van der Waals surface area contributed by atoms with E-state index in [1.54, 1.807) is 10.8 Å². The fraction of sp³-hybridized carbons (Fsp3) is 0.231. The normalized spacial score (nSPS) is 13.5. The quantitative estimate of drug-likeness (QED) is 0.865. The third kappa shape index (κ3) is 4.31. The van der Waals surface area contributed by atoms with E-state index in [0.717, 1.165) is 12.5 Å². The zero-order valence-corrected chi connectivity index (χ0v) is 12.4. The SMILES string of the molecule is O=C(C[C@H](c1ccccc1)C(F)(F)F)NS(=O)(=O)c1cnc[nH]1. The third-order valence-electron chi connectivity index (χ3n) is 3.00. The van der Waals surface area contributed by atoms with Crippen LogP contribution in [-0.2, 0) is 14.8 Å². The number of nitrogens with one attached hydrogen (secondary N) is 2. The molecule has 23 heavy (non-hydrogen) atoms. The lowest BCUT2D eigenvalue weighted by Gasteiger charge is -2.20. The number of rotatable bonds is 5. The molecule has 0 saturated carbocycles. The number of sulfonamides is 1. The van der Waals surface area contributed by atoms with Crippen LogP contribution in [0.15, 0.2) is 47.9 Å². The Kier molecular flexibility index (Phi) is 4.73. The number of amides is 1. The third-order valence-corrected chi connectivity index (χ3v) is 4.30. The van der Waals surface area contributed by atoms with Crippen molar-refractivity contribution < 1.29 is 26.4 Å². The summed E-state index contributed by atoms with van der Waals surface area (Å²) in [5, 5.41) is -0.408. The van der Waals surface area contributed by atoms with E-state index in [-0.39, 0.29) is 5.56 Å². The van der Waals surface area contributed by atoms with Crippen molar-refractivity contribution in [2.24, 2.45) is 0 Å². The van der Waals surface area contributed by atoms with Crippen molar-refractivity contribution >= 4 is 15.9 Å². The molecular weight excluding hydrogens is 335 g/mol. The lowest BCUT2D eigenvalue weighted by Crippen LogP contribution is -2.34. The molecule has 0 fully saturated rings. The van der Waals surface area contributed by atoms with Crippen molar-refractivity contribution in [2.75, 3.05) is 0 Å². The van der Waals surface area contributed by atoms with E-state index < -0.39 is 39.5 Å². The van der Waals surface area contributed by atoms with Crippen LogP contribution in [-0.4, -0.2) is 30.5 Å². The van der Waals surface area contributed by atoms with E-state index in [1.807, 2.05) is 0 Å². The summed E-state index contributed by atoms with van der Waals surface area (Å²) in [6, 6.07) is 6.82. The van der Waals surface area contributed by atoms with Gasteiger partial charge in [0.25, 0.3) is 10.0 Å². The van der Waals surface area contributed by atoms with E-state index >= 15 is 0 Å². The van der Waals surface area contributed by atoms with E-state index in [0.29, 0.717) is 0 Å². The molecule has 0 aliphatic carbocycles. The van der Waals surface area contributed by atoms with E-state index in [4.69, 9.17) is 0 Å². The second-order valence-corrected chi connectivity index (χ2v) is 6.30. The monoisotopic (exact) mass is 347 g/mol. The number of halogens is 3. The van der Waals surface area contributed by atoms with Crippen molar-refractivity contribution in [2.45, 2.75) is 23.5 Å². The van der Waals surface area contributed by atoms with Crippen molar-refractivity contribution in [1.82, 2.24) is 14.7 Å². The minimum absolute atomic E-state index is 0.117. The Morgan fingerprint density at radius 3 is 2.43 bits per heavy atom. The van der Waals surface area contributed by atoms with E-state index in [9.17, 15) is 26.4 Å². The lowest BCUT2D eigenvalue weighted by atomic mass is 9.95. The molecule has 0 radical (unpaired) electrons. The number of benzene rings is 1. The van der Waals surface area contributed by atoms with Crippen LogP contribution in [0.5, 0.6) is 0 Å². The van der Waals surface area contributed by atoms with Crippen molar-refractivity contribution in [3.8, 4) is 0 Å². The zero-order valence-electron chi connectivity index (χ0n) is 11.5. The Bertz CT molecular complexity index is 759. The molecule has 124 valence electrons. The number of hydrogen-bond donors (Lipinski definition) is 2. The topological polar surface area (TPSA) is 91.9 Å². The Morgan fingerprint density at radius 2 is 1.91 bits per heavy atom. The average molecular weight is 347 g/mol. The lowest BCUT2D eigenvalue weighted by molar-refractivity contribution is -0.156. The van der Waals surface area contributed by atoms with Gasteiger partial charge in [0.1, 0.15) is 0 Å². The number of carbonyl (C=O) groups excluding carboxylic acids is 1. The number of aromatic nitrogens is 2. The standard InChI is InChI=1S/C13H12F3N3O3S/c14-13(15,16)10(9-4-2-1-3-5-9)6-11(20)19-23(21,22)12-7-17-8-18-12/h1-5,7-8,10H,6H2,(H,17,18)(H,19,20)/t10-/m1/s1. The van der Waals surface area contributed by atoms with Crippen molar-refractivity contribution in [3.63, 3.8) is 0 Å². The van der Waals surface area contributed by atoms with Crippen LogP contribution in [0.4, 0.5) is 13.2 Å². The number of imidazole rings is 1. The summed E-state index contributed by atoms with van der Waals surface area (Å²) in [5.74, 6) is -3.36. The summed E-state index contributed by atoms with van der Waals surface area (Å²) >= 11 is 0. The fourth-order valence-electron chi connectivity index (χ4n) is 1.93. The number of alkyl halides is 3. The molecule has 1 heterocycles. The maximum atomic E-state index is 13.1. The summed E-state index contributed by atoms with van der Waals surface area (Å²) in [7, 11) is -4.27. The highest BCUT2D eigenvalue weighted by Crippen LogP contribution is 2.37. The predicted molar refractivity (Wildman–Crippen MR) is 73.8 cm³/mol. The molecule has 0 aliphatic rings. The molecule has 0 saturated heterocycles. The van der Waals surface area contributed by atoms with Gasteiger partial charge in [-0.2, -0.15) is 21.6 Å².